The molecule has 3 rings (SSSR count). The van der Waals surface area contributed by atoms with Crippen LogP contribution in [0.3, 0.4) is 0 Å². The van der Waals surface area contributed by atoms with Gasteiger partial charge in [0.15, 0.2) is 0 Å². The van der Waals surface area contributed by atoms with Crippen LogP contribution in [0.5, 0.6) is 5.75 Å². The zero-order valence-electron chi connectivity index (χ0n) is 24.4. The molecular weight excluding hydrogens is 502 g/mol. The van der Waals surface area contributed by atoms with E-state index in [0.29, 0.717) is 31.6 Å². The topological polar surface area (TPSA) is 82.1 Å². The lowest BCUT2D eigenvalue weighted by Gasteiger charge is -2.31. The third kappa shape index (κ3) is 8.66. The molecule has 7 nitrogen and oxygen atoms in total. The second-order valence-electron chi connectivity index (χ2n) is 10.8. The fourth-order valence-corrected chi connectivity index (χ4v) is 4.47. The molecule has 0 saturated heterocycles. The van der Waals surface area contributed by atoms with Crippen LogP contribution in [0.1, 0.15) is 31.4 Å². The third-order valence-electron chi connectivity index (χ3n) is 7.32. The first-order valence-electron chi connectivity index (χ1n) is 13.8. The van der Waals surface area contributed by atoms with Crippen molar-refractivity contribution in [1.82, 2.24) is 15.1 Å². The normalized spacial score (nSPS) is 12.4. The molecule has 0 saturated carbocycles. The smallest absolute Gasteiger partial charge is 0.246 e. The van der Waals surface area contributed by atoms with Crippen LogP contribution in [-0.2, 0) is 22.4 Å². The molecule has 3 aromatic rings. The van der Waals surface area contributed by atoms with E-state index in [1.165, 1.54) is 0 Å². The number of carbonyl (C=O) groups is 2. The molecule has 3 aromatic carbocycles. The predicted octanol–water partition coefficient (Wildman–Crippen LogP) is 4.23. The number of carbonyl (C=O) groups excluding carboxylic acids is 2. The summed E-state index contributed by atoms with van der Waals surface area (Å²) in [4.78, 5) is 30.3. The van der Waals surface area contributed by atoms with Gasteiger partial charge in [-0.3, -0.25) is 9.59 Å². The van der Waals surface area contributed by atoms with Gasteiger partial charge < -0.3 is 25.0 Å². The summed E-state index contributed by atoms with van der Waals surface area (Å²) in [6.45, 7) is 4.75. The maximum absolute atomic E-state index is 13.8. The van der Waals surface area contributed by atoms with Gasteiger partial charge in [0.05, 0.1) is 6.61 Å². The van der Waals surface area contributed by atoms with Crippen LogP contribution in [-0.4, -0.2) is 79.2 Å². The summed E-state index contributed by atoms with van der Waals surface area (Å²) in [5, 5.41) is 14.6. The van der Waals surface area contributed by atoms with E-state index in [0.717, 1.165) is 21.9 Å². The molecule has 40 heavy (non-hydrogen) atoms. The third-order valence-corrected chi connectivity index (χ3v) is 7.32. The monoisotopic (exact) mass is 545 g/mol. The van der Waals surface area contributed by atoms with Gasteiger partial charge in [0.2, 0.25) is 11.8 Å². The minimum absolute atomic E-state index is 0.0650. The highest BCUT2D eigenvalue weighted by atomic mass is 16.5. The first kappa shape index (κ1) is 30.9. The zero-order chi connectivity index (χ0) is 29.1. The summed E-state index contributed by atoms with van der Waals surface area (Å²) in [7, 11) is 5.37. The van der Waals surface area contributed by atoms with E-state index in [2.05, 4.69) is 43.4 Å². The minimum Gasteiger partial charge on any atom is -0.491 e. The number of ether oxygens (including phenoxy) is 1. The van der Waals surface area contributed by atoms with Crippen LogP contribution in [0, 0.1) is 0 Å². The Balaban J connectivity index is 1.80. The number of fused-ring (bicyclic) bond motifs is 1. The van der Waals surface area contributed by atoms with E-state index in [9.17, 15) is 9.59 Å². The Labute approximate surface area is 238 Å². The number of likely N-dealkylation sites (N-methyl/N-ethyl adjacent to an activating group) is 2. The maximum Gasteiger partial charge on any atom is 0.246 e. The number of aliphatic hydroxyl groups excluding tert-OH is 1. The van der Waals surface area contributed by atoms with E-state index in [-0.39, 0.29) is 30.6 Å². The van der Waals surface area contributed by atoms with Crippen molar-refractivity contribution in [3.8, 4) is 5.75 Å². The number of hydrogen-bond acceptors (Lipinski definition) is 5. The molecule has 7 heteroatoms. The number of aliphatic hydroxyl groups is 1. The Hall–Kier alpha value is -3.68. The quantitative estimate of drug-likeness (QED) is 0.297. The highest BCUT2D eigenvalue weighted by Crippen LogP contribution is 2.21. The summed E-state index contributed by atoms with van der Waals surface area (Å²) in [6, 6.07) is 21.3. The molecule has 0 aromatic heterocycles. The SMILES string of the molecule is CNC(C)(C)CC=CC(=O)N(C)[C@H](Cc1ccc2ccccc2c1)C(=O)N(C)CCc1ccccc1OCCO. The molecular formula is C33H43N3O4. The Bertz CT molecular complexity index is 1300. The number of nitrogens with zero attached hydrogens (tertiary/aromatic N) is 2. The highest BCUT2D eigenvalue weighted by molar-refractivity contribution is 5.93. The molecule has 0 bridgehead atoms. The maximum atomic E-state index is 13.8. The number of para-hydroxylation sites is 1. The van der Waals surface area contributed by atoms with E-state index in [4.69, 9.17) is 9.84 Å². The van der Waals surface area contributed by atoms with Crippen molar-refractivity contribution >= 4 is 22.6 Å². The average Bonchev–Trinajstić information content (AvgIpc) is 2.97. The molecule has 2 amide bonds. The van der Waals surface area contributed by atoms with Crippen molar-refractivity contribution < 1.29 is 19.4 Å². The molecule has 0 spiro atoms. The summed E-state index contributed by atoms with van der Waals surface area (Å²) in [6.07, 6.45) is 5.10. The lowest BCUT2D eigenvalue weighted by molar-refractivity contribution is -0.141. The van der Waals surface area contributed by atoms with Gasteiger partial charge in [0, 0.05) is 32.6 Å². The fourth-order valence-electron chi connectivity index (χ4n) is 4.47. The van der Waals surface area contributed by atoms with Crippen LogP contribution < -0.4 is 10.1 Å². The van der Waals surface area contributed by atoms with Crippen LogP contribution in [0.15, 0.2) is 78.9 Å². The average molecular weight is 546 g/mol. The predicted molar refractivity (Wildman–Crippen MR) is 161 cm³/mol. The molecule has 0 unspecified atom stereocenters. The van der Waals surface area contributed by atoms with Crippen molar-refractivity contribution in [2.24, 2.45) is 0 Å². The molecule has 0 heterocycles. The second-order valence-corrected chi connectivity index (χ2v) is 10.8. The molecule has 0 radical (unpaired) electrons. The van der Waals surface area contributed by atoms with Gasteiger partial charge in [0.1, 0.15) is 18.4 Å². The number of rotatable bonds is 14. The van der Waals surface area contributed by atoms with Crippen LogP contribution in [0.2, 0.25) is 0 Å². The molecule has 0 fully saturated rings. The first-order chi connectivity index (χ1) is 19.1. The number of nitrogens with one attached hydrogen (secondary N) is 1. The molecule has 0 aliphatic carbocycles. The molecule has 2 N–H and O–H groups in total. The first-order valence-corrected chi connectivity index (χ1v) is 13.8. The number of amides is 2. The van der Waals surface area contributed by atoms with Gasteiger partial charge in [0.25, 0.3) is 0 Å². The van der Waals surface area contributed by atoms with Crippen molar-refractivity contribution in [2.45, 2.75) is 44.7 Å². The van der Waals surface area contributed by atoms with Crippen LogP contribution in [0.4, 0.5) is 0 Å². The summed E-state index contributed by atoms with van der Waals surface area (Å²) in [5.74, 6) is 0.371. The van der Waals surface area contributed by atoms with Gasteiger partial charge in [-0.1, -0.05) is 66.7 Å². The standard InChI is InChI=1S/C33H43N3O4/c1-33(2,34-3)19-10-15-31(38)36(5)29(24-25-16-17-26-11-6-7-13-28(26)23-25)32(39)35(4)20-18-27-12-8-9-14-30(27)40-22-21-37/h6-17,23,29,34,37H,18-22,24H2,1-5H3/t29-/m1/s1. The van der Waals surface area contributed by atoms with Crippen LogP contribution >= 0.6 is 0 Å². The summed E-state index contributed by atoms with van der Waals surface area (Å²) >= 11 is 0. The Morgan fingerprint density at radius 3 is 2.45 bits per heavy atom. The molecule has 0 aliphatic heterocycles. The summed E-state index contributed by atoms with van der Waals surface area (Å²) in [5.41, 5.74) is 1.82. The lowest BCUT2D eigenvalue weighted by Crippen LogP contribution is -2.49. The van der Waals surface area contributed by atoms with Crippen molar-refractivity contribution in [2.75, 3.05) is 40.9 Å². The van der Waals surface area contributed by atoms with Crippen LogP contribution in [0.25, 0.3) is 10.8 Å². The Kier molecular flexibility index (Phi) is 11.3. The molecule has 0 aliphatic rings. The molecule has 214 valence electrons. The van der Waals surface area contributed by atoms with Gasteiger partial charge in [-0.15, -0.1) is 0 Å². The molecule has 1 atom stereocenters. The van der Waals surface area contributed by atoms with Crippen molar-refractivity contribution in [3.05, 3.63) is 90.0 Å². The van der Waals surface area contributed by atoms with Gasteiger partial charge >= 0.3 is 0 Å². The van der Waals surface area contributed by atoms with Gasteiger partial charge in [-0.25, -0.2) is 0 Å². The zero-order valence-corrected chi connectivity index (χ0v) is 24.4. The van der Waals surface area contributed by atoms with E-state index in [1.807, 2.05) is 55.6 Å². The Morgan fingerprint density at radius 1 is 1.02 bits per heavy atom. The van der Waals surface area contributed by atoms with E-state index >= 15 is 0 Å². The number of hydrogen-bond donors (Lipinski definition) is 2. The second kappa shape index (κ2) is 14.6. The van der Waals surface area contributed by atoms with Crippen molar-refractivity contribution in [1.29, 1.82) is 0 Å². The van der Waals surface area contributed by atoms with E-state index < -0.39 is 6.04 Å². The fraction of sp³-hybridized carbons (Fsp3) is 0.394. The lowest BCUT2D eigenvalue weighted by atomic mass is 9.99. The van der Waals surface area contributed by atoms with Gasteiger partial charge in [-0.05, 0) is 67.8 Å². The minimum atomic E-state index is -0.665. The van der Waals surface area contributed by atoms with E-state index in [1.54, 1.807) is 30.0 Å². The highest BCUT2D eigenvalue weighted by Gasteiger charge is 2.29. The summed E-state index contributed by atoms with van der Waals surface area (Å²) < 4.78 is 5.66. The Morgan fingerprint density at radius 2 is 1.73 bits per heavy atom. The van der Waals surface area contributed by atoms with Gasteiger partial charge in [-0.2, -0.15) is 0 Å². The van der Waals surface area contributed by atoms with Crippen molar-refractivity contribution in [3.63, 3.8) is 0 Å². The number of benzene rings is 3. The largest absolute Gasteiger partial charge is 0.491 e.